The van der Waals surface area contributed by atoms with Gasteiger partial charge in [-0.1, -0.05) is 16.8 Å². The molecule has 9 heteroatoms. The quantitative estimate of drug-likeness (QED) is 0.611. The highest BCUT2D eigenvalue weighted by atomic mass is 35.5. The van der Waals surface area contributed by atoms with Crippen molar-refractivity contribution in [3.63, 3.8) is 0 Å². The van der Waals surface area contributed by atoms with Crippen LogP contribution in [0.1, 0.15) is 30.9 Å². The molecule has 0 unspecified atom stereocenters. The number of halogens is 2. The lowest BCUT2D eigenvalue weighted by molar-refractivity contribution is 0.209. The lowest BCUT2D eigenvalue weighted by Crippen LogP contribution is -2.34. The number of hydrogen-bond acceptors (Lipinski definition) is 6. The molecule has 1 saturated heterocycles. The molecule has 28 heavy (non-hydrogen) atoms. The summed E-state index contributed by atoms with van der Waals surface area (Å²) in [6, 6.07) is 4.58. The van der Waals surface area contributed by atoms with Gasteiger partial charge in [0.1, 0.15) is 11.5 Å². The molecule has 2 aromatic heterocycles. The van der Waals surface area contributed by atoms with Crippen LogP contribution in [0.15, 0.2) is 33.7 Å². The number of rotatable bonds is 6. The summed E-state index contributed by atoms with van der Waals surface area (Å²) in [7, 11) is 0. The fourth-order valence-electron chi connectivity index (χ4n) is 3.71. The van der Waals surface area contributed by atoms with Crippen molar-refractivity contribution in [2.75, 3.05) is 31.5 Å². The van der Waals surface area contributed by atoms with Gasteiger partial charge in [-0.2, -0.15) is 5.10 Å². The number of piperidine rings is 1. The molecule has 0 radical (unpaired) electrons. The zero-order valence-electron chi connectivity index (χ0n) is 15.3. The Balaban J connectivity index is 1.26. The van der Waals surface area contributed by atoms with Crippen molar-refractivity contribution in [3.05, 3.63) is 51.3 Å². The highest BCUT2D eigenvalue weighted by molar-refractivity contribution is 6.32. The molecule has 1 aromatic carbocycles. The Bertz CT molecular complexity index is 1010. The molecular formula is C19H21ClFN5O2. The molecule has 1 aliphatic heterocycles. The second-order valence-electron chi connectivity index (χ2n) is 7.03. The smallest absolute Gasteiger partial charge is 0.289 e. The zero-order valence-corrected chi connectivity index (χ0v) is 16.0. The minimum Gasteiger partial charge on any atom is -0.379 e. The first-order chi connectivity index (χ1) is 13.6. The maximum atomic E-state index is 13.3. The number of likely N-dealkylation sites (tertiary alicyclic amines) is 1. The number of aromatic nitrogens is 3. The molecule has 7 nitrogen and oxygen atoms in total. The van der Waals surface area contributed by atoms with E-state index in [-0.39, 0.29) is 11.4 Å². The van der Waals surface area contributed by atoms with E-state index in [9.17, 15) is 9.18 Å². The Hall–Kier alpha value is -2.45. The predicted octanol–water partition coefficient (Wildman–Crippen LogP) is 3.39. The summed E-state index contributed by atoms with van der Waals surface area (Å²) in [6.07, 6.45) is 4.29. The summed E-state index contributed by atoms with van der Waals surface area (Å²) >= 11 is 5.98. The molecule has 148 valence electrons. The average Bonchev–Trinajstić information content (AvgIpc) is 3.10. The van der Waals surface area contributed by atoms with Crippen LogP contribution in [-0.2, 0) is 0 Å². The van der Waals surface area contributed by atoms with Gasteiger partial charge in [-0.3, -0.25) is 4.79 Å². The van der Waals surface area contributed by atoms with E-state index in [1.54, 1.807) is 6.07 Å². The third kappa shape index (κ3) is 4.02. The lowest BCUT2D eigenvalue weighted by Gasteiger charge is -2.31. The summed E-state index contributed by atoms with van der Waals surface area (Å²) in [4.78, 5) is 14.1. The van der Waals surface area contributed by atoms with Crippen LogP contribution >= 0.6 is 11.6 Å². The van der Waals surface area contributed by atoms with E-state index < -0.39 is 0 Å². The highest BCUT2D eigenvalue weighted by Crippen LogP contribution is 2.32. The summed E-state index contributed by atoms with van der Waals surface area (Å²) in [5.41, 5.74) is 1.49. The van der Waals surface area contributed by atoms with Crippen LogP contribution in [0.5, 0.6) is 0 Å². The third-order valence-electron chi connectivity index (χ3n) is 5.20. The minimum absolute atomic E-state index is 0.311. The van der Waals surface area contributed by atoms with Gasteiger partial charge in [0.2, 0.25) is 0 Å². The van der Waals surface area contributed by atoms with Gasteiger partial charge in [-0.05, 0) is 51.0 Å². The van der Waals surface area contributed by atoms with E-state index in [1.165, 1.54) is 18.3 Å². The second kappa shape index (κ2) is 8.28. The van der Waals surface area contributed by atoms with Gasteiger partial charge in [-0.15, -0.1) is 0 Å². The molecule has 1 fully saturated rings. The number of benzene rings is 1. The average molecular weight is 406 g/mol. The first-order valence-electron chi connectivity index (χ1n) is 9.36. The predicted molar refractivity (Wildman–Crippen MR) is 105 cm³/mol. The van der Waals surface area contributed by atoms with Crippen LogP contribution in [-0.4, -0.2) is 46.4 Å². The number of nitrogens with zero attached hydrogens (tertiary/aromatic N) is 3. The van der Waals surface area contributed by atoms with Crippen LogP contribution in [0.3, 0.4) is 0 Å². The van der Waals surface area contributed by atoms with Crippen LogP contribution in [0.4, 0.5) is 10.1 Å². The Labute approximate surface area is 165 Å². The monoisotopic (exact) mass is 405 g/mol. The van der Waals surface area contributed by atoms with Crippen LogP contribution in [0.25, 0.3) is 11.0 Å². The molecular weight excluding hydrogens is 385 g/mol. The topological polar surface area (TPSA) is 87.0 Å². The fourth-order valence-corrected chi connectivity index (χ4v) is 3.91. The molecule has 3 heterocycles. The lowest BCUT2D eigenvalue weighted by atomic mass is 9.91. The fraction of sp³-hybridized carbons (Fsp3) is 0.421. The number of hydrogen-bond donors (Lipinski definition) is 2. The molecule has 4 rings (SSSR count). The van der Waals surface area contributed by atoms with Crippen molar-refractivity contribution in [2.24, 2.45) is 0 Å². The highest BCUT2D eigenvalue weighted by Gasteiger charge is 2.24. The molecule has 0 amide bonds. The van der Waals surface area contributed by atoms with Gasteiger partial charge < -0.3 is 14.7 Å². The largest absolute Gasteiger partial charge is 0.379 e. The summed E-state index contributed by atoms with van der Waals surface area (Å²) < 4.78 is 18.6. The number of anilines is 1. The van der Waals surface area contributed by atoms with Gasteiger partial charge in [-0.25, -0.2) is 9.49 Å². The van der Waals surface area contributed by atoms with Crippen molar-refractivity contribution < 1.29 is 8.91 Å². The van der Waals surface area contributed by atoms with E-state index >= 15 is 0 Å². The standard InChI is InChI=1S/C19H21ClFN5O2/c20-15-11-23-24-19(27)18(15)22-6-1-7-26-8-4-12(5-9-26)17-14-3-2-13(21)10-16(14)28-25-17/h2-3,10-12H,1,4-9H2,(H,22,23)(H,24,27). The normalized spacial score (nSPS) is 15.9. The zero-order chi connectivity index (χ0) is 19.5. The maximum absolute atomic E-state index is 13.3. The van der Waals surface area contributed by atoms with Crippen molar-refractivity contribution in [3.8, 4) is 0 Å². The molecule has 1 aliphatic rings. The molecule has 0 spiro atoms. The number of nitrogens with one attached hydrogen (secondary N) is 2. The van der Waals surface area contributed by atoms with Crippen LogP contribution < -0.4 is 10.9 Å². The van der Waals surface area contributed by atoms with Crippen molar-refractivity contribution in [1.29, 1.82) is 0 Å². The van der Waals surface area contributed by atoms with Crippen molar-refractivity contribution in [2.45, 2.75) is 25.2 Å². The Kier molecular flexibility index (Phi) is 5.59. The second-order valence-corrected chi connectivity index (χ2v) is 7.43. The van der Waals surface area contributed by atoms with E-state index in [1.807, 2.05) is 0 Å². The van der Waals surface area contributed by atoms with E-state index in [2.05, 4.69) is 25.6 Å². The minimum atomic E-state index is -0.312. The van der Waals surface area contributed by atoms with Gasteiger partial charge in [0.25, 0.3) is 5.56 Å². The number of fused-ring (bicyclic) bond motifs is 1. The maximum Gasteiger partial charge on any atom is 0.289 e. The Morgan fingerprint density at radius 2 is 2.18 bits per heavy atom. The third-order valence-corrected chi connectivity index (χ3v) is 5.49. The van der Waals surface area contributed by atoms with E-state index in [0.717, 1.165) is 50.0 Å². The molecule has 0 saturated carbocycles. The first kappa shape index (κ1) is 18.9. The first-order valence-corrected chi connectivity index (χ1v) is 9.74. The Morgan fingerprint density at radius 1 is 1.36 bits per heavy atom. The van der Waals surface area contributed by atoms with E-state index in [0.29, 0.717) is 28.8 Å². The van der Waals surface area contributed by atoms with Crippen LogP contribution in [0, 0.1) is 5.82 Å². The van der Waals surface area contributed by atoms with Gasteiger partial charge in [0.05, 0.1) is 16.9 Å². The van der Waals surface area contributed by atoms with Gasteiger partial charge >= 0.3 is 0 Å². The molecule has 2 N–H and O–H groups in total. The van der Waals surface area contributed by atoms with Gasteiger partial charge in [0.15, 0.2) is 5.58 Å². The SMILES string of the molecule is O=c1[nH]ncc(Cl)c1NCCCN1CCC(c2noc3cc(F)ccc23)CC1. The van der Waals surface area contributed by atoms with Gasteiger partial charge in [0, 0.05) is 23.9 Å². The van der Waals surface area contributed by atoms with E-state index in [4.69, 9.17) is 16.1 Å². The number of H-pyrrole nitrogens is 1. The molecule has 0 bridgehead atoms. The molecule has 0 aliphatic carbocycles. The molecule has 0 atom stereocenters. The number of aromatic amines is 1. The summed E-state index contributed by atoms with van der Waals surface area (Å²) in [5, 5.41) is 14.5. The Morgan fingerprint density at radius 3 is 2.96 bits per heavy atom. The van der Waals surface area contributed by atoms with Crippen molar-refractivity contribution >= 4 is 28.3 Å². The summed E-state index contributed by atoms with van der Waals surface area (Å²) in [5.74, 6) is 0.0175. The summed E-state index contributed by atoms with van der Waals surface area (Å²) in [6.45, 7) is 3.53. The van der Waals surface area contributed by atoms with Crippen molar-refractivity contribution in [1.82, 2.24) is 20.3 Å². The van der Waals surface area contributed by atoms with Crippen LogP contribution in [0.2, 0.25) is 5.02 Å². The molecule has 3 aromatic rings.